The highest BCUT2D eigenvalue weighted by Gasteiger charge is 2.24. The molecule has 2 heterocycles. The quantitative estimate of drug-likeness (QED) is 0.802. The minimum absolute atomic E-state index is 0.0739. The third-order valence-corrected chi connectivity index (χ3v) is 2.82. The summed E-state index contributed by atoms with van der Waals surface area (Å²) in [4.78, 5) is 20.9. The van der Waals surface area contributed by atoms with E-state index in [2.05, 4.69) is 9.97 Å². The van der Waals surface area contributed by atoms with Gasteiger partial charge in [0, 0.05) is 7.05 Å². The van der Waals surface area contributed by atoms with E-state index >= 15 is 0 Å². The number of carbonyl (C=O) groups is 1. The Kier molecular flexibility index (Phi) is 3.92. The molecule has 0 amide bonds. The standard InChI is InChI=1S/C14H19N3O3/c1-6-19-14(18)10-9(4)16-13-11(15-7-17(13)5)12(10)20-8(2)3/h7-8H,6H2,1-5H3. The maximum atomic E-state index is 12.1. The Hall–Kier alpha value is -2.11. The smallest absolute Gasteiger partial charge is 0.343 e. The molecule has 0 fully saturated rings. The van der Waals surface area contributed by atoms with Crippen LogP contribution >= 0.6 is 0 Å². The van der Waals surface area contributed by atoms with Crippen molar-refractivity contribution in [3.63, 3.8) is 0 Å². The van der Waals surface area contributed by atoms with Crippen LogP contribution in [0.4, 0.5) is 0 Å². The van der Waals surface area contributed by atoms with E-state index in [9.17, 15) is 4.79 Å². The number of aromatic nitrogens is 3. The molecule has 6 nitrogen and oxygen atoms in total. The first-order chi connectivity index (χ1) is 9.45. The first kappa shape index (κ1) is 14.3. The lowest BCUT2D eigenvalue weighted by atomic mass is 10.1. The molecule has 0 aromatic carbocycles. The van der Waals surface area contributed by atoms with Crippen LogP contribution < -0.4 is 4.74 Å². The fourth-order valence-corrected chi connectivity index (χ4v) is 2.01. The third kappa shape index (κ3) is 2.45. The van der Waals surface area contributed by atoms with Gasteiger partial charge >= 0.3 is 5.97 Å². The minimum Gasteiger partial charge on any atom is -0.488 e. The molecule has 6 heteroatoms. The van der Waals surface area contributed by atoms with Crippen molar-refractivity contribution < 1.29 is 14.3 Å². The van der Waals surface area contributed by atoms with Crippen molar-refractivity contribution in [3.8, 4) is 5.75 Å². The first-order valence-corrected chi connectivity index (χ1v) is 6.61. The molecule has 0 aliphatic rings. The molecule has 0 atom stereocenters. The Balaban J connectivity index is 2.70. The topological polar surface area (TPSA) is 66.2 Å². The van der Waals surface area contributed by atoms with Gasteiger partial charge in [-0.25, -0.2) is 14.8 Å². The number of nitrogens with zero attached hydrogens (tertiary/aromatic N) is 3. The van der Waals surface area contributed by atoms with Gasteiger partial charge in [0.2, 0.25) is 0 Å². The molecule has 0 saturated carbocycles. The number of pyridine rings is 1. The molecule has 0 aliphatic carbocycles. The van der Waals surface area contributed by atoms with E-state index in [1.54, 1.807) is 24.7 Å². The molecule has 0 unspecified atom stereocenters. The van der Waals surface area contributed by atoms with Gasteiger partial charge in [0.05, 0.1) is 24.7 Å². The van der Waals surface area contributed by atoms with Gasteiger partial charge in [0.15, 0.2) is 16.9 Å². The molecular formula is C14H19N3O3. The highest BCUT2D eigenvalue weighted by atomic mass is 16.5. The van der Waals surface area contributed by atoms with Gasteiger partial charge in [0.1, 0.15) is 5.56 Å². The van der Waals surface area contributed by atoms with Crippen LogP contribution in [0, 0.1) is 6.92 Å². The Bertz CT molecular complexity index is 647. The van der Waals surface area contributed by atoms with Gasteiger partial charge in [-0.3, -0.25) is 0 Å². The van der Waals surface area contributed by atoms with Crippen LogP contribution in [-0.2, 0) is 11.8 Å². The second kappa shape index (κ2) is 5.48. The lowest BCUT2D eigenvalue weighted by Gasteiger charge is -2.15. The van der Waals surface area contributed by atoms with E-state index < -0.39 is 5.97 Å². The van der Waals surface area contributed by atoms with E-state index in [4.69, 9.17) is 9.47 Å². The zero-order valence-electron chi connectivity index (χ0n) is 12.4. The van der Waals surface area contributed by atoms with Gasteiger partial charge in [-0.05, 0) is 27.7 Å². The zero-order chi connectivity index (χ0) is 14.9. The number of esters is 1. The zero-order valence-corrected chi connectivity index (χ0v) is 12.4. The van der Waals surface area contributed by atoms with Gasteiger partial charge in [-0.1, -0.05) is 0 Å². The van der Waals surface area contributed by atoms with Crippen molar-refractivity contribution in [1.82, 2.24) is 14.5 Å². The van der Waals surface area contributed by atoms with E-state index in [-0.39, 0.29) is 6.10 Å². The van der Waals surface area contributed by atoms with Crippen LogP contribution in [0.5, 0.6) is 5.75 Å². The summed E-state index contributed by atoms with van der Waals surface area (Å²) in [6, 6.07) is 0. The number of rotatable bonds is 4. The summed E-state index contributed by atoms with van der Waals surface area (Å²) in [6.45, 7) is 7.65. The molecular weight excluding hydrogens is 258 g/mol. The summed E-state index contributed by atoms with van der Waals surface area (Å²) in [6.07, 6.45) is 1.58. The Morgan fingerprint density at radius 3 is 2.75 bits per heavy atom. The summed E-state index contributed by atoms with van der Waals surface area (Å²) in [5, 5.41) is 0. The number of carbonyl (C=O) groups excluding carboxylic acids is 1. The van der Waals surface area contributed by atoms with Crippen LogP contribution in [0.2, 0.25) is 0 Å². The molecule has 0 aliphatic heterocycles. The van der Waals surface area contributed by atoms with E-state index in [0.717, 1.165) is 0 Å². The fourth-order valence-electron chi connectivity index (χ4n) is 2.01. The number of aryl methyl sites for hydroxylation is 2. The van der Waals surface area contributed by atoms with Crippen molar-refractivity contribution in [3.05, 3.63) is 17.6 Å². The molecule has 0 spiro atoms. The average Bonchev–Trinajstić information content (AvgIpc) is 2.71. The number of fused-ring (bicyclic) bond motifs is 1. The SMILES string of the molecule is CCOC(=O)c1c(C)nc2c(ncn2C)c1OC(C)C. The van der Waals surface area contributed by atoms with E-state index in [1.165, 1.54) is 0 Å². The van der Waals surface area contributed by atoms with E-state index in [1.807, 2.05) is 20.9 Å². The van der Waals surface area contributed by atoms with Crippen LogP contribution in [0.15, 0.2) is 6.33 Å². The molecule has 2 aromatic heterocycles. The highest BCUT2D eigenvalue weighted by Crippen LogP contribution is 2.31. The summed E-state index contributed by atoms with van der Waals surface area (Å²) in [5.74, 6) is 0.0160. The number of ether oxygens (including phenoxy) is 2. The number of hydrogen-bond donors (Lipinski definition) is 0. The Labute approximate surface area is 117 Å². The molecule has 2 rings (SSSR count). The highest BCUT2D eigenvalue weighted by molar-refractivity contribution is 5.99. The van der Waals surface area contributed by atoms with Gasteiger partial charge < -0.3 is 14.0 Å². The minimum atomic E-state index is -0.430. The largest absolute Gasteiger partial charge is 0.488 e. The van der Waals surface area contributed by atoms with Crippen LogP contribution in [0.1, 0.15) is 36.8 Å². The van der Waals surface area contributed by atoms with Crippen LogP contribution in [0.25, 0.3) is 11.2 Å². The van der Waals surface area contributed by atoms with Gasteiger partial charge in [-0.15, -0.1) is 0 Å². The number of imidazole rings is 1. The molecule has 0 bridgehead atoms. The second-order valence-electron chi connectivity index (χ2n) is 4.82. The lowest BCUT2D eigenvalue weighted by Crippen LogP contribution is -2.15. The molecule has 0 N–H and O–H groups in total. The maximum Gasteiger partial charge on any atom is 0.343 e. The van der Waals surface area contributed by atoms with E-state index in [0.29, 0.717) is 34.8 Å². The molecule has 20 heavy (non-hydrogen) atoms. The summed E-state index contributed by atoms with van der Waals surface area (Å²) in [5.41, 5.74) is 2.20. The summed E-state index contributed by atoms with van der Waals surface area (Å²) < 4.78 is 12.7. The Morgan fingerprint density at radius 2 is 2.15 bits per heavy atom. The van der Waals surface area contributed by atoms with Gasteiger partial charge in [-0.2, -0.15) is 0 Å². The third-order valence-electron chi connectivity index (χ3n) is 2.82. The predicted octanol–water partition coefficient (Wildman–Crippen LogP) is 2.24. The molecule has 2 aromatic rings. The molecule has 108 valence electrons. The summed E-state index contributed by atoms with van der Waals surface area (Å²) >= 11 is 0. The van der Waals surface area contributed by atoms with Crippen molar-refractivity contribution in [2.45, 2.75) is 33.8 Å². The summed E-state index contributed by atoms with van der Waals surface area (Å²) in [7, 11) is 1.85. The normalized spacial score (nSPS) is 11.1. The average molecular weight is 277 g/mol. The van der Waals surface area contributed by atoms with Crippen LogP contribution in [0.3, 0.4) is 0 Å². The number of hydrogen-bond acceptors (Lipinski definition) is 5. The van der Waals surface area contributed by atoms with Crippen molar-refractivity contribution in [2.24, 2.45) is 7.05 Å². The first-order valence-electron chi connectivity index (χ1n) is 6.61. The second-order valence-corrected chi connectivity index (χ2v) is 4.82. The predicted molar refractivity (Wildman–Crippen MR) is 75.0 cm³/mol. The van der Waals surface area contributed by atoms with Gasteiger partial charge in [0.25, 0.3) is 0 Å². The van der Waals surface area contributed by atoms with Crippen molar-refractivity contribution in [2.75, 3.05) is 6.61 Å². The molecule has 0 radical (unpaired) electrons. The molecule has 0 saturated heterocycles. The fraction of sp³-hybridized carbons (Fsp3) is 0.500. The van der Waals surface area contributed by atoms with Crippen molar-refractivity contribution in [1.29, 1.82) is 0 Å². The van der Waals surface area contributed by atoms with Crippen LogP contribution in [-0.4, -0.2) is 33.2 Å². The monoisotopic (exact) mass is 277 g/mol. The lowest BCUT2D eigenvalue weighted by molar-refractivity contribution is 0.0519. The Morgan fingerprint density at radius 1 is 1.45 bits per heavy atom. The van der Waals surface area contributed by atoms with Crippen molar-refractivity contribution >= 4 is 17.1 Å². The maximum absolute atomic E-state index is 12.1.